The molecule has 0 bridgehead atoms. The van der Waals surface area contributed by atoms with Crippen LogP contribution in [0.4, 0.5) is 0 Å². The Morgan fingerprint density at radius 2 is 1.58 bits per heavy atom. The van der Waals surface area contributed by atoms with E-state index >= 15 is 0 Å². The molecule has 0 aliphatic carbocycles. The standard InChI is InChI=1S/C28H31NO4/c1-4-25(22-12-15-26-27(16-22)33-19-32-26)28(20-8-6-5-7-9-20)21-10-13-24(14-11-21)31-18-23(30)17-29(2)3/h5-16,23,30H,4,17-19H2,1-3H3/b28-25-. The maximum Gasteiger partial charge on any atom is 0.231 e. The number of allylic oxidation sites excluding steroid dienone is 1. The number of aliphatic hydroxyl groups excluding tert-OH is 1. The quantitative estimate of drug-likeness (QED) is 0.465. The molecule has 1 aliphatic rings. The van der Waals surface area contributed by atoms with Gasteiger partial charge < -0.3 is 24.2 Å². The summed E-state index contributed by atoms with van der Waals surface area (Å²) in [5.74, 6) is 2.31. The van der Waals surface area contributed by atoms with Gasteiger partial charge in [-0.15, -0.1) is 0 Å². The Bertz CT molecular complexity index is 1090. The topological polar surface area (TPSA) is 51.2 Å². The van der Waals surface area contributed by atoms with Crippen LogP contribution in [0, 0.1) is 0 Å². The highest BCUT2D eigenvalue weighted by Crippen LogP contribution is 2.39. The average molecular weight is 446 g/mol. The van der Waals surface area contributed by atoms with E-state index in [-0.39, 0.29) is 13.4 Å². The Kier molecular flexibility index (Phi) is 7.33. The van der Waals surface area contributed by atoms with Crippen molar-refractivity contribution >= 4 is 11.1 Å². The largest absolute Gasteiger partial charge is 0.491 e. The highest BCUT2D eigenvalue weighted by Gasteiger charge is 2.18. The van der Waals surface area contributed by atoms with Crippen molar-refractivity contribution in [2.45, 2.75) is 19.4 Å². The number of benzene rings is 3. The summed E-state index contributed by atoms with van der Waals surface area (Å²) in [5.41, 5.74) is 5.79. The Hall–Kier alpha value is -3.28. The Morgan fingerprint density at radius 3 is 2.27 bits per heavy atom. The molecule has 5 heteroatoms. The van der Waals surface area contributed by atoms with E-state index in [2.05, 4.69) is 55.5 Å². The van der Waals surface area contributed by atoms with Gasteiger partial charge >= 0.3 is 0 Å². The zero-order chi connectivity index (χ0) is 23.2. The van der Waals surface area contributed by atoms with Gasteiger partial charge in [0.1, 0.15) is 18.5 Å². The summed E-state index contributed by atoms with van der Waals surface area (Å²) >= 11 is 0. The third kappa shape index (κ3) is 5.56. The molecule has 0 aromatic heterocycles. The Balaban J connectivity index is 1.68. The molecule has 0 fully saturated rings. The summed E-state index contributed by atoms with van der Waals surface area (Å²) < 4.78 is 16.9. The van der Waals surface area contributed by atoms with E-state index in [9.17, 15) is 5.11 Å². The molecular weight excluding hydrogens is 414 g/mol. The average Bonchev–Trinajstić information content (AvgIpc) is 3.30. The summed E-state index contributed by atoms with van der Waals surface area (Å²) in [6, 6.07) is 24.7. The van der Waals surface area contributed by atoms with Gasteiger partial charge in [0.15, 0.2) is 11.5 Å². The van der Waals surface area contributed by atoms with E-state index in [1.54, 1.807) is 0 Å². The lowest BCUT2D eigenvalue weighted by Gasteiger charge is -2.18. The number of ether oxygens (including phenoxy) is 3. The number of likely N-dealkylation sites (N-methyl/N-ethyl adjacent to an activating group) is 1. The van der Waals surface area contributed by atoms with E-state index in [1.807, 2.05) is 43.3 Å². The predicted molar refractivity (Wildman–Crippen MR) is 132 cm³/mol. The van der Waals surface area contributed by atoms with Crippen LogP contribution >= 0.6 is 0 Å². The minimum atomic E-state index is -0.530. The van der Waals surface area contributed by atoms with Crippen molar-refractivity contribution in [1.29, 1.82) is 0 Å². The number of rotatable bonds is 9. The first-order valence-electron chi connectivity index (χ1n) is 11.3. The molecule has 3 aromatic rings. The molecule has 0 saturated heterocycles. The van der Waals surface area contributed by atoms with Crippen molar-refractivity contribution < 1.29 is 19.3 Å². The lowest BCUT2D eigenvalue weighted by Crippen LogP contribution is -2.30. The van der Waals surface area contributed by atoms with Crippen molar-refractivity contribution in [3.8, 4) is 17.2 Å². The first kappa shape index (κ1) is 22.9. The van der Waals surface area contributed by atoms with Gasteiger partial charge in [0.05, 0.1) is 0 Å². The molecule has 1 N–H and O–H groups in total. The van der Waals surface area contributed by atoms with Crippen LogP contribution in [0.3, 0.4) is 0 Å². The highest BCUT2D eigenvalue weighted by atomic mass is 16.7. The van der Waals surface area contributed by atoms with Crippen LogP contribution in [0.5, 0.6) is 17.2 Å². The number of fused-ring (bicyclic) bond motifs is 1. The smallest absolute Gasteiger partial charge is 0.231 e. The number of aliphatic hydroxyl groups is 1. The van der Waals surface area contributed by atoms with Crippen molar-refractivity contribution in [3.63, 3.8) is 0 Å². The minimum absolute atomic E-state index is 0.260. The van der Waals surface area contributed by atoms with E-state index in [4.69, 9.17) is 14.2 Å². The third-order valence-corrected chi connectivity index (χ3v) is 5.60. The molecule has 1 unspecified atom stereocenters. The van der Waals surface area contributed by atoms with Gasteiger partial charge in [-0.1, -0.05) is 55.5 Å². The van der Waals surface area contributed by atoms with E-state index in [1.165, 1.54) is 11.1 Å². The van der Waals surface area contributed by atoms with Gasteiger partial charge in [-0.05, 0) is 72.6 Å². The van der Waals surface area contributed by atoms with Gasteiger partial charge in [-0.25, -0.2) is 0 Å². The first-order chi connectivity index (χ1) is 16.0. The zero-order valence-electron chi connectivity index (χ0n) is 19.5. The molecule has 3 aromatic carbocycles. The van der Waals surface area contributed by atoms with E-state index in [0.717, 1.165) is 40.4 Å². The molecule has 0 saturated carbocycles. The van der Waals surface area contributed by atoms with Crippen molar-refractivity contribution in [1.82, 2.24) is 4.90 Å². The second-order valence-corrected chi connectivity index (χ2v) is 8.39. The summed E-state index contributed by atoms with van der Waals surface area (Å²) in [6.07, 6.45) is 0.330. The number of hydrogen-bond acceptors (Lipinski definition) is 5. The SMILES string of the molecule is CC/C(=C(\c1ccccc1)c1ccc(OCC(O)CN(C)C)cc1)c1ccc2c(c1)OCO2. The maximum absolute atomic E-state index is 10.1. The molecule has 4 rings (SSSR count). The van der Waals surface area contributed by atoms with Gasteiger partial charge in [-0.2, -0.15) is 0 Å². The predicted octanol–water partition coefficient (Wildman–Crippen LogP) is 5.09. The molecule has 172 valence electrons. The normalized spacial score (nSPS) is 14.2. The number of hydrogen-bond donors (Lipinski definition) is 1. The fourth-order valence-corrected chi connectivity index (χ4v) is 4.11. The van der Waals surface area contributed by atoms with Gasteiger partial charge in [-0.3, -0.25) is 0 Å². The highest BCUT2D eigenvalue weighted by molar-refractivity contribution is 5.98. The van der Waals surface area contributed by atoms with E-state index < -0.39 is 6.10 Å². The molecule has 1 atom stereocenters. The molecule has 0 amide bonds. The van der Waals surface area contributed by atoms with Crippen molar-refractivity contribution in [2.75, 3.05) is 34.0 Å². The van der Waals surface area contributed by atoms with Crippen LogP contribution in [-0.4, -0.2) is 50.2 Å². The van der Waals surface area contributed by atoms with Crippen LogP contribution in [0.25, 0.3) is 11.1 Å². The first-order valence-corrected chi connectivity index (χ1v) is 11.3. The number of nitrogens with zero attached hydrogens (tertiary/aromatic N) is 1. The Morgan fingerprint density at radius 1 is 0.909 bits per heavy atom. The fourth-order valence-electron chi connectivity index (χ4n) is 4.11. The molecular formula is C28H31NO4. The lowest BCUT2D eigenvalue weighted by molar-refractivity contribution is 0.0831. The minimum Gasteiger partial charge on any atom is -0.491 e. The van der Waals surface area contributed by atoms with Crippen molar-refractivity contribution in [2.24, 2.45) is 0 Å². The third-order valence-electron chi connectivity index (χ3n) is 5.60. The summed E-state index contributed by atoms with van der Waals surface area (Å²) in [7, 11) is 3.86. The van der Waals surface area contributed by atoms with Gasteiger partial charge in [0.25, 0.3) is 0 Å². The van der Waals surface area contributed by atoms with Crippen LogP contribution < -0.4 is 14.2 Å². The van der Waals surface area contributed by atoms with Gasteiger partial charge in [0, 0.05) is 6.54 Å². The molecule has 0 radical (unpaired) electrons. The molecule has 1 heterocycles. The summed E-state index contributed by atoms with van der Waals surface area (Å²) in [4.78, 5) is 1.94. The lowest BCUT2D eigenvalue weighted by atomic mass is 9.88. The van der Waals surface area contributed by atoms with Crippen LogP contribution in [0.15, 0.2) is 72.8 Å². The second-order valence-electron chi connectivity index (χ2n) is 8.39. The monoisotopic (exact) mass is 445 g/mol. The second kappa shape index (κ2) is 10.6. The molecule has 1 aliphatic heterocycles. The molecule has 0 spiro atoms. The van der Waals surface area contributed by atoms with Crippen molar-refractivity contribution in [3.05, 3.63) is 89.5 Å². The molecule has 5 nitrogen and oxygen atoms in total. The van der Waals surface area contributed by atoms with Crippen LogP contribution in [0.1, 0.15) is 30.0 Å². The summed E-state index contributed by atoms with van der Waals surface area (Å²) in [5, 5.41) is 10.1. The van der Waals surface area contributed by atoms with Gasteiger partial charge in [0.2, 0.25) is 6.79 Å². The summed E-state index contributed by atoms with van der Waals surface area (Å²) in [6.45, 7) is 3.26. The van der Waals surface area contributed by atoms with E-state index in [0.29, 0.717) is 6.54 Å². The maximum atomic E-state index is 10.1. The zero-order valence-corrected chi connectivity index (χ0v) is 19.5. The van der Waals surface area contributed by atoms with Crippen LogP contribution in [-0.2, 0) is 0 Å². The fraction of sp³-hybridized carbons (Fsp3) is 0.286. The van der Waals surface area contributed by atoms with Crippen LogP contribution in [0.2, 0.25) is 0 Å². The Labute approximate surface area is 195 Å². The molecule has 33 heavy (non-hydrogen) atoms.